The largest absolute Gasteiger partial charge is 0.504 e. The van der Waals surface area contributed by atoms with E-state index >= 15 is 0 Å². The molecule has 0 fully saturated rings. The van der Waals surface area contributed by atoms with E-state index in [-0.39, 0.29) is 28.8 Å². The molecule has 0 amide bonds. The third kappa shape index (κ3) is 3.76. The lowest BCUT2D eigenvalue weighted by Gasteiger charge is -2.31. The summed E-state index contributed by atoms with van der Waals surface area (Å²) in [6, 6.07) is 33.3. The fourth-order valence-corrected chi connectivity index (χ4v) is 6.96. The number of hydrogen-bond acceptors (Lipinski definition) is 3. The molecule has 0 radical (unpaired) electrons. The molecule has 2 unspecified atom stereocenters. The molecular formula is C36H30O3. The Kier molecular flexibility index (Phi) is 5.73. The number of phenolic OH excluding ortho intramolecular Hbond substituents is 1. The Hall–Kier alpha value is -4.37. The summed E-state index contributed by atoms with van der Waals surface area (Å²) in [5.41, 5.74) is 5.41. The van der Waals surface area contributed by atoms with Crippen LogP contribution in [0.25, 0.3) is 32.5 Å². The van der Waals surface area contributed by atoms with E-state index in [4.69, 9.17) is 4.42 Å². The number of rotatable bonds is 4. The van der Waals surface area contributed by atoms with Gasteiger partial charge in [0.25, 0.3) is 0 Å². The van der Waals surface area contributed by atoms with E-state index in [0.717, 1.165) is 47.8 Å². The van der Waals surface area contributed by atoms with Crippen LogP contribution in [0.3, 0.4) is 0 Å². The van der Waals surface area contributed by atoms with Crippen LogP contribution in [0.2, 0.25) is 0 Å². The first-order valence-electron chi connectivity index (χ1n) is 13.9. The number of para-hydroxylation sites is 1. The van der Waals surface area contributed by atoms with E-state index in [9.17, 15) is 9.90 Å². The van der Waals surface area contributed by atoms with Gasteiger partial charge in [0.2, 0.25) is 0 Å². The van der Waals surface area contributed by atoms with Crippen molar-refractivity contribution in [3.8, 4) is 5.75 Å². The van der Waals surface area contributed by atoms with Gasteiger partial charge in [0.15, 0.2) is 11.3 Å². The molecule has 5 aromatic carbocycles. The van der Waals surface area contributed by atoms with Gasteiger partial charge < -0.3 is 9.52 Å². The van der Waals surface area contributed by atoms with Gasteiger partial charge in [0.05, 0.1) is 0 Å². The molecule has 1 aliphatic rings. The first-order valence-corrected chi connectivity index (χ1v) is 13.9. The molecule has 3 nitrogen and oxygen atoms in total. The number of fused-ring (bicyclic) bond motifs is 6. The highest BCUT2D eigenvalue weighted by Gasteiger charge is 2.33. The Morgan fingerprint density at radius 2 is 1.56 bits per heavy atom. The van der Waals surface area contributed by atoms with Gasteiger partial charge in [0, 0.05) is 22.8 Å². The molecule has 0 bridgehead atoms. The first-order chi connectivity index (χ1) is 19.2. The highest BCUT2D eigenvalue weighted by Crippen LogP contribution is 2.47. The van der Waals surface area contributed by atoms with Crippen molar-refractivity contribution < 1.29 is 9.52 Å². The topological polar surface area (TPSA) is 50.4 Å². The molecular weight excluding hydrogens is 480 g/mol. The van der Waals surface area contributed by atoms with Crippen LogP contribution >= 0.6 is 0 Å². The second kappa shape index (κ2) is 9.43. The zero-order valence-corrected chi connectivity index (χ0v) is 22.0. The summed E-state index contributed by atoms with van der Waals surface area (Å²) in [4.78, 5) is 13.9. The minimum Gasteiger partial charge on any atom is -0.504 e. The molecule has 1 aliphatic carbocycles. The van der Waals surface area contributed by atoms with E-state index in [1.807, 2.05) is 30.3 Å². The van der Waals surface area contributed by atoms with Gasteiger partial charge in [-0.15, -0.1) is 0 Å². The SMILES string of the molecule is CCC(c1ccccc1)c1c(C2CCCc3ccc4c(ccc5ccccc54)c32)c2cccc(O)c2oc1=O. The standard InChI is InChI=1S/C36H30O3/c1-2-25(22-10-4-3-5-11-22)34-33(30-16-9-17-31(37)35(30)39-36(34)38)29-15-8-13-24-19-20-27-26-14-7-6-12-23(26)18-21-28(27)32(24)29/h3-7,9-12,14,16-21,25,29,37H,2,8,13,15H2,1H3. The van der Waals surface area contributed by atoms with Crippen molar-refractivity contribution in [1.29, 1.82) is 0 Å². The Balaban J connectivity index is 1.59. The summed E-state index contributed by atoms with van der Waals surface area (Å²) in [5, 5.41) is 16.6. The third-order valence-corrected chi connectivity index (χ3v) is 8.64. The molecule has 0 saturated heterocycles. The summed E-state index contributed by atoms with van der Waals surface area (Å²) in [6.07, 6.45) is 3.76. The molecule has 192 valence electrons. The first kappa shape index (κ1) is 23.7. The van der Waals surface area contributed by atoms with E-state index in [2.05, 4.69) is 67.6 Å². The van der Waals surface area contributed by atoms with E-state index < -0.39 is 0 Å². The van der Waals surface area contributed by atoms with Crippen molar-refractivity contribution in [2.24, 2.45) is 0 Å². The highest BCUT2D eigenvalue weighted by molar-refractivity contribution is 6.09. The summed E-state index contributed by atoms with van der Waals surface area (Å²) < 4.78 is 5.89. The lowest BCUT2D eigenvalue weighted by Crippen LogP contribution is -2.22. The average Bonchev–Trinajstić information content (AvgIpc) is 2.98. The van der Waals surface area contributed by atoms with Gasteiger partial charge in [-0.2, -0.15) is 0 Å². The van der Waals surface area contributed by atoms with Crippen molar-refractivity contribution in [2.45, 2.75) is 44.4 Å². The van der Waals surface area contributed by atoms with Gasteiger partial charge in [-0.1, -0.05) is 97.9 Å². The Bertz CT molecular complexity index is 1920. The van der Waals surface area contributed by atoms with E-state index in [1.54, 1.807) is 6.07 Å². The lowest BCUT2D eigenvalue weighted by molar-refractivity contribution is 0.452. The number of hydrogen-bond donors (Lipinski definition) is 1. The van der Waals surface area contributed by atoms with Crippen LogP contribution in [0.15, 0.2) is 106 Å². The number of benzene rings is 5. The molecule has 0 aliphatic heterocycles. The monoisotopic (exact) mass is 510 g/mol. The van der Waals surface area contributed by atoms with Crippen LogP contribution in [-0.2, 0) is 6.42 Å². The average molecular weight is 511 g/mol. The smallest absolute Gasteiger partial charge is 0.340 e. The molecule has 1 heterocycles. The van der Waals surface area contributed by atoms with Gasteiger partial charge in [0.1, 0.15) is 0 Å². The second-order valence-corrected chi connectivity index (χ2v) is 10.7. The Morgan fingerprint density at radius 3 is 2.41 bits per heavy atom. The van der Waals surface area contributed by atoms with Crippen LogP contribution in [0.4, 0.5) is 0 Å². The maximum absolute atomic E-state index is 13.9. The maximum atomic E-state index is 13.9. The third-order valence-electron chi connectivity index (χ3n) is 8.64. The number of aromatic hydroxyl groups is 1. The lowest BCUT2D eigenvalue weighted by atomic mass is 9.72. The zero-order chi connectivity index (χ0) is 26.5. The van der Waals surface area contributed by atoms with Gasteiger partial charge in [-0.05, 0) is 75.5 Å². The highest BCUT2D eigenvalue weighted by atomic mass is 16.4. The number of phenols is 1. The Labute approximate surface area is 227 Å². The van der Waals surface area contributed by atoms with Crippen LogP contribution in [0.1, 0.15) is 65.8 Å². The second-order valence-electron chi connectivity index (χ2n) is 10.7. The minimum atomic E-state index is -0.354. The summed E-state index contributed by atoms with van der Waals surface area (Å²) in [5.74, 6) is -0.0877. The number of aryl methyl sites for hydroxylation is 1. The molecule has 3 heteroatoms. The summed E-state index contributed by atoms with van der Waals surface area (Å²) >= 11 is 0. The van der Waals surface area contributed by atoms with Gasteiger partial charge >= 0.3 is 5.63 Å². The summed E-state index contributed by atoms with van der Waals surface area (Å²) in [7, 11) is 0. The summed E-state index contributed by atoms with van der Waals surface area (Å²) in [6.45, 7) is 2.13. The quantitative estimate of drug-likeness (QED) is 0.190. The van der Waals surface area contributed by atoms with Gasteiger partial charge in [-0.25, -0.2) is 4.79 Å². The fourth-order valence-electron chi connectivity index (χ4n) is 6.96. The van der Waals surface area contributed by atoms with Crippen LogP contribution in [0, 0.1) is 0 Å². The molecule has 2 atom stereocenters. The van der Waals surface area contributed by atoms with E-state index in [0.29, 0.717) is 0 Å². The molecule has 0 saturated carbocycles. The molecule has 6 aromatic rings. The van der Waals surface area contributed by atoms with Crippen LogP contribution < -0.4 is 5.63 Å². The predicted molar refractivity (Wildman–Crippen MR) is 159 cm³/mol. The van der Waals surface area contributed by atoms with Crippen molar-refractivity contribution in [2.75, 3.05) is 0 Å². The van der Waals surface area contributed by atoms with Crippen molar-refractivity contribution in [1.82, 2.24) is 0 Å². The minimum absolute atomic E-state index is 0.00473. The van der Waals surface area contributed by atoms with Crippen molar-refractivity contribution in [3.05, 3.63) is 135 Å². The predicted octanol–water partition coefficient (Wildman–Crippen LogP) is 8.82. The zero-order valence-electron chi connectivity index (χ0n) is 22.0. The van der Waals surface area contributed by atoms with Crippen molar-refractivity contribution in [3.63, 3.8) is 0 Å². The van der Waals surface area contributed by atoms with E-state index in [1.165, 1.54) is 32.7 Å². The van der Waals surface area contributed by atoms with Crippen LogP contribution in [0.5, 0.6) is 5.75 Å². The maximum Gasteiger partial charge on any atom is 0.340 e. The molecule has 1 N–H and O–H groups in total. The molecule has 39 heavy (non-hydrogen) atoms. The molecule has 1 aromatic heterocycles. The Morgan fingerprint density at radius 1 is 0.795 bits per heavy atom. The fraction of sp³-hybridized carbons (Fsp3) is 0.194. The van der Waals surface area contributed by atoms with Crippen molar-refractivity contribution >= 4 is 32.5 Å². The normalized spacial score (nSPS) is 16.0. The van der Waals surface area contributed by atoms with Crippen LogP contribution in [-0.4, -0.2) is 5.11 Å². The van der Waals surface area contributed by atoms with Gasteiger partial charge in [-0.3, -0.25) is 0 Å². The molecule has 0 spiro atoms. The molecule has 7 rings (SSSR count).